The molecule has 0 saturated carbocycles. The number of nitro benzene ring substituents is 1. The van der Waals surface area contributed by atoms with Gasteiger partial charge in [-0.3, -0.25) is 10.1 Å². The molecule has 0 atom stereocenters. The van der Waals surface area contributed by atoms with Gasteiger partial charge in [0.05, 0.1) is 35.2 Å². The molecule has 0 fully saturated rings. The van der Waals surface area contributed by atoms with Gasteiger partial charge in [-0.15, -0.1) is 0 Å². The second-order valence-electron chi connectivity index (χ2n) is 5.53. The molecule has 3 aromatic rings. The van der Waals surface area contributed by atoms with Crippen molar-refractivity contribution < 1.29 is 14.4 Å². The quantitative estimate of drug-likeness (QED) is 0.402. The number of allylic oxidation sites excluding steroid dienone is 1. The summed E-state index contributed by atoms with van der Waals surface area (Å²) in [4.78, 5) is 18.3. The number of nitrogens with one attached hydrogen (secondary N) is 1. The van der Waals surface area contributed by atoms with Gasteiger partial charge in [0.2, 0.25) is 5.75 Å². The van der Waals surface area contributed by atoms with E-state index in [9.17, 15) is 15.4 Å². The van der Waals surface area contributed by atoms with Gasteiger partial charge in [0, 0.05) is 6.07 Å². The first-order valence-corrected chi connectivity index (χ1v) is 8.13. The zero-order valence-electron chi connectivity index (χ0n) is 14.7. The first-order chi connectivity index (χ1) is 13.1. The first kappa shape index (κ1) is 17.9. The summed E-state index contributed by atoms with van der Waals surface area (Å²) in [6, 6.07) is 12.4. The minimum atomic E-state index is -0.544. The molecule has 1 heterocycles. The van der Waals surface area contributed by atoms with Gasteiger partial charge in [0.1, 0.15) is 11.9 Å². The van der Waals surface area contributed by atoms with Crippen LogP contribution in [0, 0.1) is 21.4 Å². The van der Waals surface area contributed by atoms with Gasteiger partial charge >= 0.3 is 5.69 Å². The Kier molecular flexibility index (Phi) is 5.04. The minimum Gasteiger partial charge on any atom is -0.493 e. The van der Waals surface area contributed by atoms with Crippen LogP contribution in [0.2, 0.25) is 0 Å². The van der Waals surface area contributed by atoms with E-state index in [1.807, 2.05) is 24.3 Å². The number of nitrogens with zero attached hydrogens (tertiary/aromatic N) is 3. The average Bonchev–Trinajstić information content (AvgIpc) is 3.10. The van der Waals surface area contributed by atoms with Gasteiger partial charge in [0.15, 0.2) is 5.75 Å². The number of hydrogen-bond acceptors (Lipinski definition) is 6. The SMILES string of the molecule is CCOc1c(OC)cc(/C=C(/C#N)c2nc3ccccc3[nH]2)cc1[N+](=O)[O-]. The Balaban J connectivity index is 2.12. The van der Waals surface area contributed by atoms with Crippen LogP contribution < -0.4 is 9.47 Å². The van der Waals surface area contributed by atoms with Crippen LogP contribution in [0.5, 0.6) is 11.5 Å². The summed E-state index contributed by atoms with van der Waals surface area (Å²) >= 11 is 0. The Labute approximate surface area is 154 Å². The molecule has 0 unspecified atom stereocenters. The molecule has 8 heteroatoms. The van der Waals surface area contributed by atoms with Crippen molar-refractivity contribution in [1.29, 1.82) is 5.26 Å². The van der Waals surface area contributed by atoms with Crippen LogP contribution >= 0.6 is 0 Å². The van der Waals surface area contributed by atoms with Crippen molar-refractivity contribution in [3.63, 3.8) is 0 Å². The van der Waals surface area contributed by atoms with E-state index >= 15 is 0 Å². The lowest BCUT2D eigenvalue weighted by atomic mass is 10.1. The van der Waals surface area contributed by atoms with Crippen molar-refractivity contribution in [3.8, 4) is 17.6 Å². The van der Waals surface area contributed by atoms with Crippen molar-refractivity contribution in [2.24, 2.45) is 0 Å². The Hall–Kier alpha value is -3.86. The number of rotatable bonds is 6. The van der Waals surface area contributed by atoms with E-state index in [1.165, 1.54) is 19.3 Å². The summed E-state index contributed by atoms with van der Waals surface area (Å²) in [7, 11) is 1.40. The molecule has 8 nitrogen and oxygen atoms in total. The fourth-order valence-corrected chi connectivity index (χ4v) is 2.67. The first-order valence-electron chi connectivity index (χ1n) is 8.13. The number of aromatic nitrogens is 2. The lowest BCUT2D eigenvalue weighted by Crippen LogP contribution is -2.01. The molecular weight excluding hydrogens is 348 g/mol. The average molecular weight is 364 g/mol. The van der Waals surface area contributed by atoms with E-state index in [1.54, 1.807) is 13.0 Å². The smallest absolute Gasteiger partial charge is 0.315 e. The van der Waals surface area contributed by atoms with E-state index in [0.717, 1.165) is 11.0 Å². The predicted octanol–water partition coefficient (Wildman–Crippen LogP) is 3.94. The lowest BCUT2D eigenvalue weighted by molar-refractivity contribution is -0.385. The molecule has 27 heavy (non-hydrogen) atoms. The number of ether oxygens (including phenoxy) is 2. The number of fused-ring (bicyclic) bond motifs is 1. The summed E-state index contributed by atoms with van der Waals surface area (Å²) < 4.78 is 10.6. The summed E-state index contributed by atoms with van der Waals surface area (Å²) in [5.41, 5.74) is 1.96. The summed E-state index contributed by atoms with van der Waals surface area (Å²) in [6.45, 7) is 1.99. The molecule has 1 aromatic heterocycles. The third-order valence-corrected chi connectivity index (χ3v) is 3.84. The minimum absolute atomic E-state index is 0.0596. The van der Waals surface area contributed by atoms with Crippen LogP contribution in [0.25, 0.3) is 22.7 Å². The van der Waals surface area contributed by atoms with Crippen LogP contribution in [-0.2, 0) is 0 Å². The second kappa shape index (κ2) is 7.58. The zero-order chi connectivity index (χ0) is 19.4. The lowest BCUT2D eigenvalue weighted by Gasteiger charge is -2.10. The molecule has 0 aliphatic rings. The largest absolute Gasteiger partial charge is 0.493 e. The molecule has 2 aromatic carbocycles. The maximum absolute atomic E-state index is 11.4. The number of aromatic amines is 1. The number of benzene rings is 2. The maximum atomic E-state index is 11.4. The monoisotopic (exact) mass is 364 g/mol. The van der Waals surface area contributed by atoms with Gasteiger partial charge < -0.3 is 14.5 Å². The Bertz CT molecular complexity index is 1050. The Morgan fingerprint density at radius 3 is 2.81 bits per heavy atom. The number of methoxy groups -OCH3 is 1. The molecule has 0 radical (unpaired) electrons. The third-order valence-electron chi connectivity index (χ3n) is 3.84. The molecule has 3 rings (SSSR count). The molecule has 136 valence electrons. The van der Waals surface area contributed by atoms with Crippen molar-refractivity contribution in [3.05, 3.63) is 57.9 Å². The topological polar surface area (TPSA) is 114 Å². The summed E-state index contributed by atoms with van der Waals surface area (Å²) in [6.07, 6.45) is 1.52. The van der Waals surface area contributed by atoms with Crippen molar-refractivity contribution in [2.45, 2.75) is 6.92 Å². The van der Waals surface area contributed by atoms with E-state index in [4.69, 9.17) is 9.47 Å². The third kappa shape index (κ3) is 3.57. The highest BCUT2D eigenvalue weighted by Gasteiger charge is 2.22. The van der Waals surface area contributed by atoms with E-state index < -0.39 is 4.92 Å². The fraction of sp³-hybridized carbons (Fsp3) is 0.158. The number of para-hydroxylation sites is 2. The van der Waals surface area contributed by atoms with E-state index in [2.05, 4.69) is 16.0 Å². The molecule has 0 aliphatic carbocycles. The molecule has 0 saturated heterocycles. The molecular formula is C19H16N4O4. The fourth-order valence-electron chi connectivity index (χ4n) is 2.67. The molecule has 0 bridgehead atoms. The van der Waals surface area contributed by atoms with Gasteiger partial charge in [0.25, 0.3) is 0 Å². The molecule has 0 amide bonds. The normalized spacial score (nSPS) is 11.2. The van der Waals surface area contributed by atoms with Crippen molar-refractivity contribution in [2.75, 3.05) is 13.7 Å². The van der Waals surface area contributed by atoms with Gasteiger partial charge in [-0.2, -0.15) is 5.26 Å². The maximum Gasteiger partial charge on any atom is 0.315 e. The van der Waals surface area contributed by atoms with E-state index in [0.29, 0.717) is 11.4 Å². The highest BCUT2D eigenvalue weighted by atomic mass is 16.6. The van der Waals surface area contributed by atoms with E-state index in [-0.39, 0.29) is 29.4 Å². The highest BCUT2D eigenvalue weighted by molar-refractivity contribution is 5.91. The van der Waals surface area contributed by atoms with Crippen LogP contribution in [-0.4, -0.2) is 28.6 Å². The number of H-pyrrole nitrogens is 1. The second-order valence-corrected chi connectivity index (χ2v) is 5.53. The molecule has 0 spiro atoms. The van der Waals surface area contributed by atoms with Crippen molar-refractivity contribution >= 4 is 28.4 Å². The van der Waals surface area contributed by atoms with Gasteiger partial charge in [-0.25, -0.2) is 4.98 Å². The van der Waals surface area contributed by atoms with Crippen LogP contribution in [0.1, 0.15) is 18.3 Å². The number of nitro groups is 1. The molecule has 1 N–H and O–H groups in total. The van der Waals surface area contributed by atoms with Gasteiger partial charge in [-0.1, -0.05) is 12.1 Å². The summed E-state index contributed by atoms with van der Waals surface area (Å²) in [5.74, 6) is 0.665. The number of hydrogen-bond donors (Lipinski definition) is 1. The number of imidazole rings is 1. The van der Waals surface area contributed by atoms with Gasteiger partial charge in [-0.05, 0) is 36.8 Å². The Morgan fingerprint density at radius 1 is 1.41 bits per heavy atom. The van der Waals surface area contributed by atoms with Crippen LogP contribution in [0.3, 0.4) is 0 Å². The molecule has 0 aliphatic heterocycles. The predicted molar refractivity (Wildman–Crippen MR) is 100 cm³/mol. The summed E-state index contributed by atoms with van der Waals surface area (Å²) in [5, 5.41) is 21.0. The van der Waals surface area contributed by atoms with Crippen molar-refractivity contribution in [1.82, 2.24) is 9.97 Å². The van der Waals surface area contributed by atoms with Crippen LogP contribution in [0.4, 0.5) is 5.69 Å². The number of nitriles is 1. The standard InChI is InChI=1S/C19H16N4O4/c1-3-27-18-16(23(24)25)9-12(10-17(18)26-2)8-13(11-20)19-21-14-6-4-5-7-15(14)22-19/h4-10H,3H2,1-2H3,(H,21,22)/b13-8-. The van der Waals surface area contributed by atoms with Crippen LogP contribution in [0.15, 0.2) is 36.4 Å². The zero-order valence-corrected chi connectivity index (χ0v) is 14.7. The Morgan fingerprint density at radius 2 is 2.19 bits per heavy atom. The highest BCUT2D eigenvalue weighted by Crippen LogP contribution is 2.39.